The third kappa shape index (κ3) is 3.71. The Labute approximate surface area is 157 Å². The molecule has 0 spiro atoms. The minimum atomic E-state index is 0.112. The molecule has 1 aliphatic heterocycles. The molecular formula is C19H20ClN5O. The zero-order valence-corrected chi connectivity index (χ0v) is 15.2. The summed E-state index contributed by atoms with van der Waals surface area (Å²) >= 11 is 6.34. The molecule has 2 aromatic heterocycles. The number of rotatable bonds is 5. The van der Waals surface area contributed by atoms with Gasteiger partial charge in [-0.25, -0.2) is 0 Å². The van der Waals surface area contributed by atoms with E-state index in [0.717, 1.165) is 35.2 Å². The van der Waals surface area contributed by atoms with Crippen molar-refractivity contribution in [2.75, 3.05) is 11.9 Å². The Morgan fingerprint density at radius 2 is 2.08 bits per heavy atom. The average Bonchev–Trinajstić information content (AvgIpc) is 3.07. The van der Waals surface area contributed by atoms with Gasteiger partial charge in [0.25, 0.3) is 0 Å². The van der Waals surface area contributed by atoms with Crippen molar-refractivity contribution in [3.05, 3.63) is 53.6 Å². The van der Waals surface area contributed by atoms with Gasteiger partial charge in [-0.3, -0.25) is 15.0 Å². The van der Waals surface area contributed by atoms with Gasteiger partial charge in [0.15, 0.2) is 5.75 Å². The predicted molar refractivity (Wildman–Crippen MR) is 103 cm³/mol. The van der Waals surface area contributed by atoms with Crippen molar-refractivity contribution < 1.29 is 4.74 Å². The molecule has 2 N–H and O–H groups in total. The Hall–Kier alpha value is -2.44. The molecule has 0 bridgehead atoms. The number of hydrogen-bond donors (Lipinski definition) is 2. The molecule has 0 unspecified atom stereocenters. The number of aromatic nitrogens is 3. The van der Waals surface area contributed by atoms with Crippen molar-refractivity contribution in [3.63, 3.8) is 0 Å². The lowest BCUT2D eigenvalue weighted by Crippen LogP contribution is -2.21. The highest BCUT2D eigenvalue weighted by atomic mass is 35.5. The number of fused-ring (bicyclic) bond motifs is 1. The minimum Gasteiger partial charge on any atom is -0.485 e. The maximum Gasteiger partial charge on any atom is 0.164 e. The van der Waals surface area contributed by atoms with E-state index in [1.54, 1.807) is 24.8 Å². The van der Waals surface area contributed by atoms with Gasteiger partial charge in [0.2, 0.25) is 0 Å². The summed E-state index contributed by atoms with van der Waals surface area (Å²) in [5.41, 5.74) is 3.64. The number of anilines is 1. The number of pyridine rings is 1. The van der Waals surface area contributed by atoms with Crippen molar-refractivity contribution in [1.82, 2.24) is 20.3 Å². The summed E-state index contributed by atoms with van der Waals surface area (Å²) in [7, 11) is 0. The molecule has 1 fully saturated rings. The summed E-state index contributed by atoms with van der Waals surface area (Å²) < 4.78 is 6.15. The van der Waals surface area contributed by atoms with E-state index in [2.05, 4.69) is 32.5 Å². The molecule has 134 valence electrons. The number of nitrogens with zero attached hydrogens (tertiary/aromatic N) is 3. The van der Waals surface area contributed by atoms with Crippen LogP contribution in [0.1, 0.15) is 18.9 Å². The molecule has 1 aromatic carbocycles. The van der Waals surface area contributed by atoms with Gasteiger partial charge in [0.05, 0.1) is 22.9 Å². The first-order chi connectivity index (χ1) is 12.7. The highest BCUT2D eigenvalue weighted by molar-refractivity contribution is 6.32. The lowest BCUT2D eigenvalue weighted by molar-refractivity contribution is 0.221. The van der Waals surface area contributed by atoms with E-state index < -0.39 is 0 Å². The summed E-state index contributed by atoms with van der Waals surface area (Å²) in [5.74, 6) is 0.656. The number of nitrogens with one attached hydrogen (secondary N) is 2. The molecule has 26 heavy (non-hydrogen) atoms. The van der Waals surface area contributed by atoms with Crippen LogP contribution in [0.4, 0.5) is 5.69 Å². The van der Waals surface area contributed by atoms with E-state index >= 15 is 0 Å². The monoisotopic (exact) mass is 369 g/mol. The molecule has 1 aliphatic rings. The van der Waals surface area contributed by atoms with Gasteiger partial charge in [-0.2, -0.15) is 0 Å². The largest absolute Gasteiger partial charge is 0.485 e. The molecule has 0 amide bonds. The standard InChI is InChI=1S/C19H20ClN5O/c1-12-6-14(9-24-12)26-19-15(20)10-21-11-18(19)25-8-13-2-3-16-17(7-13)23-5-4-22-16/h2-5,7,10-12,14,24-25H,6,8-9H2,1H3/t12-,14+/m0/s1. The van der Waals surface area contributed by atoms with Crippen LogP contribution in [0.5, 0.6) is 5.75 Å². The lowest BCUT2D eigenvalue weighted by Gasteiger charge is -2.18. The fraction of sp³-hybridized carbons (Fsp3) is 0.316. The average molecular weight is 370 g/mol. The van der Waals surface area contributed by atoms with Crippen molar-refractivity contribution >= 4 is 28.3 Å². The van der Waals surface area contributed by atoms with Crippen LogP contribution in [0.15, 0.2) is 43.0 Å². The van der Waals surface area contributed by atoms with Crippen molar-refractivity contribution in [2.24, 2.45) is 0 Å². The zero-order chi connectivity index (χ0) is 17.9. The zero-order valence-electron chi connectivity index (χ0n) is 14.4. The molecule has 0 saturated carbocycles. The van der Waals surface area contributed by atoms with Gasteiger partial charge in [0.1, 0.15) is 11.1 Å². The summed E-state index contributed by atoms with van der Waals surface area (Å²) in [4.78, 5) is 12.8. The first-order valence-corrected chi connectivity index (χ1v) is 9.04. The Kier molecular flexibility index (Phi) is 4.86. The molecule has 3 aromatic rings. The number of hydrogen-bond acceptors (Lipinski definition) is 6. The molecular weight excluding hydrogens is 350 g/mol. The molecule has 0 radical (unpaired) electrons. The first-order valence-electron chi connectivity index (χ1n) is 8.66. The van der Waals surface area contributed by atoms with Crippen LogP contribution in [0.2, 0.25) is 5.02 Å². The molecule has 2 atom stereocenters. The molecule has 7 heteroatoms. The van der Waals surface area contributed by atoms with Crippen LogP contribution in [-0.2, 0) is 6.54 Å². The van der Waals surface area contributed by atoms with Crippen molar-refractivity contribution in [1.29, 1.82) is 0 Å². The number of benzene rings is 1. The predicted octanol–water partition coefficient (Wildman–Crippen LogP) is 3.42. The Morgan fingerprint density at radius 3 is 2.88 bits per heavy atom. The van der Waals surface area contributed by atoms with Gasteiger partial charge in [-0.15, -0.1) is 0 Å². The second-order valence-electron chi connectivity index (χ2n) is 6.52. The van der Waals surface area contributed by atoms with Gasteiger partial charge >= 0.3 is 0 Å². The molecule has 3 heterocycles. The van der Waals surface area contributed by atoms with E-state index in [1.165, 1.54) is 0 Å². The van der Waals surface area contributed by atoms with Gasteiger partial charge in [0, 0.05) is 44.1 Å². The van der Waals surface area contributed by atoms with Crippen LogP contribution in [0.25, 0.3) is 11.0 Å². The quantitative estimate of drug-likeness (QED) is 0.718. The second-order valence-corrected chi connectivity index (χ2v) is 6.92. The van der Waals surface area contributed by atoms with Crippen LogP contribution in [-0.4, -0.2) is 33.6 Å². The lowest BCUT2D eigenvalue weighted by atomic mass is 10.2. The summed E-state index contributed by atoms with van der Waals surface area (Å²) in [5, 5.41) is 7.28. The van der Waals surface area contributed by atoms with Gasteiger partial charge in [-0.1, -0.05) is 17.7 Å². The van der Waals surface area contributed by atoms with Gasteiger partial charge < -0.3 is 15.4 Å². The fourth-order valence-electron chi connectivity index (χ4n) is 3.14. The van der Waals surface area contributed by atoms with Crippen molar-refractivity contribution in [2.45, 2.75) is 32.0 Å². The third-order valence-electron chi connectivity index (χ3n) is 4.46. The Balaban J connectivity index is 1.51. The summed E-state index contributed by atoms with van der Waals surface area (Å²) in [6, 6.07) is 6.48. The molecule has 1 saturated heterocycles. The first kappa shape index (κ1) is 17.0. The summed E-state index contributed by atoms with van der Waals surface area (Å²) in [6.07, 6.45) is 7.82. The highest BCUT2D eigenvalue weighted by Gasteiger charge is 2.24. The molecule has 6 nitrogen and oxygen atoms in total. The van der Waals surface area contributed by atoms with E-state index in [0.29, 0.717) is 23.4 Å². The van der Waals surface area contributed by atoms with Crippen LogP contribution < -0.4 is 15.4 Å². The van der Waals surface area contributed by atoms with Crippen LogP contribution in [0.3, 0.4) is 0 Å². The normalized spacial score (nSPS) is 19.6. The van der Waals surface area contributed by atoms with Crippen molar-refractivity contribution in [3.8, 4) is 5.75 Å². The Morgan fingerprint density at radius 1 is 1.23 bits per heavy atom. The van der Waals surface area contributed by atoms with Crippen LogP contribution in [0, 0.1) is 0 Å². The molecule has 4 rings (SSSR count). The number of halogens is 1. The van der Waals surface area contributed by atoms with Crippen LogP contribution >= 0.6 is 11.6 Å². The SMILES string of the molecule is C[C@H]1C[C@@H](Oc2c(Cl)cncc2NCc2ccc3nccnc3c2)CN1. The van der Waals surface area contributed by atoms with E-state index in [1.807, 2.05) is 18.2 Å². The topological polar surface area (TPSA) is 72.0 Å². The fourth-order valence-corrected chi connectivity index (χ4v) is 3.34. The van der Waals surface area contributed by atoms with Gasteiger partial charge in [-0.05, 0) is 24.6 Å². The summed E-state index contributed by atoms with van der Waals surface area (Å²) in [6.45, 7) is 3.59. The maximum atomic E-state index is 6.34. The highest BCUT2D eigenvalue weighted by Crippen LogP contribution is 2.34. The maximum absolute atomic E-state index is 6.34. The van der Waals surface area contributed by atoms with E-state index in [-0.39, 0.29) is 6.10 Å². The third-order valence-corrected chi connectivity index (χ3v) is 4.73. The van der Waals surface area contributed by atoms with E-state index in [9.17, 15) is 0 Å². The Bertz CT molecular complexity index is 919. The minimum absolute atomic E-state index is 0.112. The molecule has 0 aliphatic carbocycles. The number of ether oxygens (including phenoxy) is 1. The smallest absolute Gasteiger partial charge is 0.164 e. The second kappa shape index (κ2) is 7.43. The van der Waals surface area contributed by atoms with E-state index in [4.69, 9.17) is 16.3 Å².